The van der Waals surface area contributed by atoms with E-state index in [-0.39, 0.29) is 10.8 Å². The van der Waals surface area contributed by atoms with Gasteiger partial charge in [-0.25, -0.2) is 9.97 Å². The van der Waals surface area contributed by atoms with Gasteiger partial charge in [0.25, 0.3) is 5.91 Å². The molecule has 0 aromatic carbocycles. The number of hydrogen-bond acceptors (Lipinski definition) is 3. The van der Waals surface area contributed by atoms with Gasteiger partial charge in [-0.3, -0.25) is 4.79 Å². The van der Waals surface area contributed by atoms with Crippen molar-refractivity contribution in [2.45, 2.75) is 6.92 Å². The number of carbonyl (C=O) groups is 1. The first-order valence-corrected chi connectivity index (χ1v) is 3.28. The molecule has 1 heterocycles. The van der Waals surface area contributed by atoms with Gasteiger partial charge >= 0.3 is 0 Å². The number of primary amides is 1. The Balaban J connectivity index is 3.23. The third-order valence-electron chi connectivity index (χ3n) is 1.08. The highest BCUT2D eigenvalue weighted by Crippen LogP contribution is 2.08. The lowest BCUT2D eigenvalue weighted by Crippen LogP contribution is -2.14. The van der Waals surface area contributed by atoms with Crippen molar-refractivity contribution in [3.8, 4) is 0 Å². The Morgan fingerprint density at radius 1 is 1.73 bits per heavy atom. The molecule has 2 N–H and O–H groups in total. The fourth-order valence-electron chi connectivity index (χ4n) is 0.619. The summed E-state index contributed by atoms with van der Waals surface area (Å²) in [6.07, 6.45) is 1.47. The minimum atomic E-state index is -0.661. The summed E-state index contributed by atoms with van der Waals surface area (Å²) in [6.45, 7) is 1.70. The highest BCUT2D eigenvalue weighted by Gasteiger charge is 2.08. The molecule has 0 bridgehead atoms. The lowest BCUT2D eigenvalue weighted by atomic mass is 10.4. The number of aromatic nitrogens is 2. The zero-order valence-corrected chi connectivity index (χ0v) is 6.59. The number of hydrogen-bond donors (Lipinski definition) is 1. The molecular formula is C6H6ClN3O. The molecule has 0 unspecified atom stereocenters. The van der Waals surface area contributed by atoms with Gasteiger partial charge in [0.1, 0.15) is 0 Å². The van der Waals surface area contributed by atoms with Gasteiger partial charge in [-0.2, -0.15) is 0 Å². The van der Waals surface area contributed by atoms with Gasteiger partial charge in [-0.05, 0) is 6.92 Å². The lowest BCUT2D eigenvalue weighted by Gasteiger charge is -1.97. The van der Waals surface area contributed by atoms with Crippen molar-refractivity contribution in [3.63, 3.8) is 0 Å². The molecule has 0 aliphatic carbocycles. The topological polar surface area (TPSA) is 68.9 Å². The molecule has 4 nitrogen and oxygen atoms in total. The van der Waals surface area contributed by atoms with Crippen LogP contribution in [0.25, 0.3) is 0 Å². The number of rotatable bonds is 1. The fourth-order valence-corrected chi connectivity index (χ4v) is 0.804. The zero-order valence-electron chi connectivity index (χ0n) is 5.84. The summed E-state index contributed by atoms with van der Waals surface area (Å²) >= 11 is 5.52. The zero-order chi connectivity index (χ0) is 8.43. The van der Waals surface area contributed by atoms with Crippen LogP contribution in [0.2, 0.25) is 5.15 Å². The van der Waals surface area contributed by atoms with Crippen molar-refractivity contribution >= 4 is 17.5 Å². The van der Waals surface area contributed by atoms with Crippen LogP contribution >= 0.6 is 11.6 Å². The molecule has 0 atom stereocenters. The molecule has 0 aliphatic rings. The van der Waals surface area contributed by atoms with Crippen LogP contribution < -0.4 is 5.73 Å². The molecule has 1 amide bonds. The van der Waals surface area contributed by atoms with Crippen LogP contribution in [-0.2, 0) is 0 Å². The Hall–Kier alpha value is -1.16. The summed E-state index contributed by atoms with van der Waals surface area (Å²) in [4.78, 5) is 18.1. The van der Waals surface area contributed by atoms with Gasteiger partial charge < -0.3 is 5.73 Å². The van der Waals surface area contributed by atoms with Crippen LogP contribution in [0, 0.1) is 6.92 Å². The smallest absolute Gasteiger partial charge is 0.270 e. The van der Waals surface area contributed by atoms with Crippen molar-refractivity contribution in [2.75, 3.05) is 0 Å². The SMILES string of the molecule is Cc1cnc(Cl)c(C(N)=O)n1. The summed E-state index contributed by atoms with van der Waals surface area (Å²) in [6, 6.07) is 0. The van der Waals surface area contributed by atoms with Gasteiger partial charge in [-0.15, -0.1) is 0 Å². The second-order valence-electron chi connectivity index (χ2n) is 2.02. The molecular weight excluding hydrogens is 166 g/mol. The van der Waals surface area contributed by atoms with Gasteiger partial charge in [0, 0.05) is 6.20 Å². The van der Waals surface area contributed by atoms with E-state index in [4.69, 9.17) is 17.3 Å². The quantitative estimate of drug-likeness (QED) is 0.671. The van der Waals surface area contributed by atoms with E-state index in [9.17, 15) is 4.79 Å². The first-order valence-electron chi connectivity index (χ1n) is 2.90. The Morgan fingerprint density at radius 3 is 2.82 bits per heavy atom. The number of amides is 1. The molecule has 0 radical (unpaired) electrons. The maximum atomic E-state index is 10.6. The van der Waals surface area contributed by atoms with E-state index in [1.165, 1.54) is 6.20 Å². The third kappa shape index (κ3) is 1.65. The molecule has 0 saturated heterocycles. The predicted octanol–water partition coefficient (Wildman–Crippen LogP) is 0.537. The number of carbonyl (C=O) groups excluding carboxylic acids is 1. The van der Waals surface area contributed by atoms with Crippen LogP contribution in [0.5, 0.6) is 0 Å². The highest BCUT2D eigenvalue weighted by molar-refractivity contribution is 6.32. The average molecular weight is 172 g/mol. The van der Waals surface area contributed by atoms with Crippen LogP contribution in [0.1, 0.15) is 16.2 Å². The van der Waals surface area contributed by atoms with Gasteiger partial charge in [0.15, 0.2) is 10.8 Å². The normalized spacial score (nSPS) is 9.64. The minimum Gasteiger partial charge on any atom is -0.364 e. The molecule has 11 heavy (non-hydrogen) atoms. The Bertz CT molecular complexity index is 300. The van der Waals surface area contributed by atoms with Crippen molar-refractivity contribution in [2.24, 2.45) is 5.73 Å². The van der Waals surface area contributed by atoms with E-state index in [1.807, 2.05) is 0 Å². The average Bonchev–Trinajstić information content (AvgIpc) is 1.94. The van der Waals surface area contributed by atoms with Crippen molar-refractivity contribution in [1.29, 1.82) is 0 Å². The summed E-state index contributed by atoms with van der Waals surface area (Å²) in [5, 5.41) is 0.0445. The standard InChI is InChI=1S/C6H6ClN3O/c1-3-2-9-5(7)4(10-3)6(8)11/h2H,1H3,(H2,8,11). The monoisotopic (exact) mass is 171 g/mol. The highest BCUT2D eigenvalue weighted by atomic mass is 35.5. The molecule has 0 aliphatic heterocycles. The molecule has 1 aromatic heterocycles. The summed E-state index contributed by atoms with van der Waals surface area (Å²) in [5.74, 6) is -0.661. The predicted molar refractivity (Wildman–Crippen MR) is 40.3 cm³/mol. The largest absolute Gasteiger partial charge is 0.364 e. The van der Waals surface area contributed by atoms with Crippen molar-refractivity contribution in [1.82, 2.24) is 9.97 Å². The summed E-state index contributed by atoms with van der Waals surface area (Å²) in [5.41, 5.74) is 5.59. The van der Waals surface area contributed by atoms with Crippen LogP contribution in [-0.4, -0.2) is 15.9 Å². The molecule has 1 rings (SSSR count). The summed E-state index contributed by atoms with van der Waals surface area (Å²) in [7, 11) is 0. The summed E-state index contributed by atoms with van der Waals surface area (Å²) < 4.78 is 0. The second-order valence-corrected chi connectivity index (χ2v) is 2.37. The van der Waals surface area contributed by atoms with Crippen LogP contribution in [0.4, 0.5) is 0 Å². The Morgan fingerprint density at radius 2 is 2.36 bits per heavy atom. The fraction of sp³-hybridized carbons (Fsp3) is 0.167. The maximum absolute atomic E-state index is 10.6. The van der Waals surface area contributed by atoms with Crippen molar-refractivity contribution in [3.05, 3.63) is 22.7 Å². The molecule has 1 aromatic rings. The third-order valence-corrected chi connectivity index (χ3v) is 1.36. The Labute approximate surface area is 68.4 Å². The Kier molecular flexibility index (Phi) is 2.05. The first-order chi connectivity index (χ1) is 5.11. The maximum Gasteiger partial charge on any atom is 0.270 e. The number of nitrogens with two attached hydrogens (primary N) is 1. The van der Waals surface area contributed by atoms with Crippen LogP contribution in [0.3, 0.4) is 0 Å². The van der Waals surface area contributed by atoms with E-state index in [0.29, 0.717) is 5.69 Å². The van der Waals surface area contributed by atoms with Crippen LogP contribution in [0.15, 0.2) is 6.20 Å². The number of nitrogens with zero attached hydrogens (tertiary/aromatic N) is 2. The number of aryl methyl sites for hydroxylation is 1. The first kappa shape index (κ1) is 7.94. The minimum absolute atomic E-state index is 0.0201. The van der Waals surface area contributed by atoms with E-state index < -0.39 is 5.91 Å². The van der Waals surface area contributed by atoms with Gasteiger partial charge in [0.2, 0.25) is 0 Å². The molecule has 58 valence electrons. The van der Waals surface area contributed by atoms with E-state index in [2.05, 4.69) is 9.97 Å². The van der Waals surface area contributed by atoms with Crippen molar-refractivity contribution < 1.29 is 4.79 Å². The molecule has 0 fully saturated rings. The molecule has 0 spiro atoms. The number of halogens is 1. The molecule has 0 saturated carbocycles. The van der Waals surface area contributed by atoms with Gasteiger partial charge in [0.05, 0.1) is 5.69 Å². The van der Waals surface area contributed by atoms with E-state index in [1.54, 1.807) is 6.92 Å². The second kappa shape index (κ2) is 2.84. The van der Waals surface area contributed by atoms with E-state index in [0.717, 1.165) is 0 Å². The molecule has 5 heteroatoms. The van der Waals surface area contributed by atoms with E-state index >= 15 is 0 Å². The lowest BCUT2D eigenvalue weighted by molar-refractivity contribution is 0.0995. The van der Waals surface area contributed by atoms with Gasteiger partial charge in [-0.1, -0.05) is 11.6 Å².